The summed E-state index contributed by atoms with van der Waals surface area (Å²) in [6, 6.07) is 65.1. The highest BCUT2D eigenvalue weighted by Crippen LogP contribution is 2.67. The molecule has 2 aliphatic heterocycles. The largest absolute Gasteiger partial charge is 0.466 e. The Hall–Kier alpha value is -7.17. The molecular weight excluding hydrogens is 1110 g/mol. The second kappa shape index (κ2) is 31.7. The highest BCUT2D eigenvalue weighted by atomic mass is 35.5. The molecule has 0 saturated carbocycles. The summed E-state index contributed by atoms with van der Waals surface area (Å²) in [5, 5.41) is 8.80. The fourth-order valence-corrected chi connectivity index (χ4v) is 14.5. The Bertz CT molecular complexity index is 3110. The Balaban J connectivity index is 0.000000186. The average Bonchev–Trinajstić information content (AvgIpc) is 4.34. The Morgan fingerprint density at radius 3 is 1.52 bits per heavy atom. The number of anilines is 4. The first kappa shape index (κ1) is 61.4. The van der Waals surface area contributed by atoms with Crippen molar-refractivity contribution in [3.05, 3.63) is 257 Å². The zero-order valence-electron chi connectivity index (χ0n) is 45.6. The molecule has 2 fully saturated rings. The quantitative estimate of drug-likeness (QED) is 0.0189. The van der Waals surface area contributed by atoms with E-state index in [0.717, 1.165) is 35.6 Å². The van der Waals surface area contributed by atoms with Crippen molar-refractivity contribution in [3.8, 4) is 0 Å². The van der Waals surface area contributed by atoms with Crippen molar-refractivity contribution in [1.29, 1.82) is 0 Å². The van der Waals surface area contributed by atoms with Crippen LogP contribution in [0.25, 0.3) is 0 Å². The van der Waals surface area contributed by atoms with Crippen molar-refractivity contribution < 1.29 is 28.2 Å². The lowest BCUT2D eigenvalue weighted by molar-refractivity contribution is -0.146. The number of carbonyl (C=O) groups is 2. The second-order valence-corrected chi connectivity index (χ2v) is 24.0. The highest BCUT2D eigenvalue weighted by Gasteiger charge is 2.49. The molecule has 7 aromatic carbocycles. The molecule has 9 rings (SSSR count). The van der Waals surface area contributed by atoms with Crippen LogP contribution < -0.4 is 29.3 Å². The number of carbonyl (C=O) groups excluding carboxylic acids is 2. The van der Waals surface area contributed by atoms with Crippen LogP contribution in [-0.2, 0) is 47.5 Å². The number of halogens is 2. The van der Waals surface area contributed by atoms with Crippen molar-refractivity contribution in [1.82, 2.24) is 10.6 Å². The lowest BCUT2D eigenvalue weighted by Crippen LogP contribution is -2.36. The maximum absolute atomic E-state index is 15.1. The number of rotatable bonds is 20. The summed E-state index contributed by atoms with van der Waals surface area (Å²) in [6.07, 6.45) is 0.781. The summed E-state index contributed by atoms with van der Waals surface area (Å²) < 4.78 is 40.4. The number of thiocarbonyl (C=S) groups is 1. The molecule has 7 aromatic rings. The van der Waals surface area contributed by atoms with Crippen LogP contribution in [0.2, 0.25) is 10.0 Å². The van der Waals surface area contributed by atoms with Crippen LogP contribution >= 0.6 is 51.3 Å². The van der Waals surface area contributed by atoms with Gasteiger partial charge in [0.25, 0.3) is 7.44 Å². The minimum Gasteiger partial charge on any atom is -0.466 e. The van der Waals surface area contributed by atoms with Crippen LogP contribution in [0, 0.1) is 5.92 Å². The molecule has 17 heteroatoms. The van der Waals surface area contributed by atoms with E-state index in [0.29, 0.717) is 78.3 Å². The van der Waals surface area contributed by atoms with Crippen molar-refractivity contribution in [2.45, 2.75) is 33.2 Å². The van der Waals surface area contributed by atoms with Gasteiger partial charge >= 0.3 is 11.9 Å². The molecule has 12 nitrogen and oxygen atoms in total. The lowest BCUT2D eigenvalue weighted by atomic mass is 9.99. The Morgan fingerprint density at radius 1 is 0.617 bits per heavy atom. The van der Waals surface area contributed by atoms with Crippen LogP contribution in [0.4, 0.5) is 22.7 Å². The average molecular weight is 1180 g/mol. The van der Waals surface area contributed by atoms with Crippen molar-refractivity contribution in [2.24, 2.45) is 5.92 Å². The predicted octanol–water partition coefficient (Wildman–Crippen LogP) is 14.9. The molecule has 2 heterocycles. The molecule has 0 aromatic heterocycles. The van der Waals surface area contributed by atoms with Crippen LogP contribution in [0.15, 0.2) is 230 Å². The van der Waals surface area contributed by atoms with Gasteiger partial charge in [0, 0.05) is 83.8 Å². The van der Waals surface area contributed by atoms with E-state index in [2.05, 4.69) is 99.5 Å². The summed E-state index contributed by atoms with van der Waals surface area (Å²) in [4.78, 5) is 24.6. The van der Waals surface area contributed by atoms with Crippen molar-refractivity contribution >= 4 is 91.1 Å². The minimum absolute atomic E-state index is 0.234. The SMILES string of the molecule is C=C(C(Cc1ccc(Cl)cc1)C(=O)OCC)P1(=O)N(c2ccccc2)CCN1c1ccccc1.C=C=C(Cc1ccc(Cl)cc1)C(=O)OCC.S=C(NCCOP1N(c2ccccc2)CCN1c1ccccc1)NCc1ccccc1. The highest BCUT2D eigenvalue weighted by molar-refractivity contribution is 7.80. The summed E-state index contributed by atoms with van der Waals surface area (Å²) in [7, 11) is -4.40. The normalized spacial score (nSPS) is 13.8. The van der Waals surface area contributed by atoms with Gasteiger partial charge in [-0.1, -0.05) is 164 Å². The molecule has 2 aliphatic rings. The molecule has 0 radical (unpaired) electrons. The van der Waals surface area contributed by atoms with Gasteiger partial charge in [-0.05, 0) is 122 Å². The van der Waals surface area contributed by atoms with Gasteiger partial charge in [0.05, 0.1) is 31.3 Å². The molecule has 420 valence electrons. The Kier molecular flexibility index (Phi) is 24.1. The molecule has 1 unspecified atom stereocenters. The van der Waals surface area contributed by atoms with E-state index in [1.54, 1.807) is 38.1 Å². The predicted molar refractivity (Wildman–Crippen MR) is 338 cm³/mol. The van der Waals surface area contributed by atoms with E-state index in [4.69, 9.17) is 49.4 Å². The number of esters is 2. The lowest BCUT2D eigenvalue weighted by Gasteiger charge is -2.36. The number of nitrogens with one attached hydrogen (secondary N) is 2. The van der Waals surface area contributed by atoms with Crippen LogP contribution in [-0.4, -0.2) is 69.6 Å². The first-order valence-corrected chi connectivity index (χ1v) is 30.7. The molecule has 81 heavy (non-hydrogen) atoms. The number of hydrogen-bond donors (Lipinski definition) is 2. The number of para-hydroxylation sites is 4. The molecule has 1 atom stereocenters. The van der Waals surface area contributed by atoms with E-state index in [1.807, 2.05) is 125 Å². The third-order valence-corrected chi connectivity index (χ3v) is 19.1. The standard InChI is InChI=1S/C27H28ClN2O3P.C24H27N4OPS.C13H13ClO2/c1-3-33-27(31)26(20-22-14-16-23(28)17-15-22)21(2)34(32)29(24-10-6-4-7-11-24)18-19-30(34)25-12-8-5-9-13-25;31-24(26-20-21-10-4-1-5-11-21)25-16-19-29-30-27(22-12-6-2-7-13-22)17-18-28(30)23-14-8-3-9-15-23;1-3-11(13(15)16-4-2)9-10-5-7-12(14)8-6-10/h4-17,26H,2-3,18-20H2,1H3;1-15H,16-20H2,(H2,25,26,31);5-8H,1,4,9H2,2H3. The number of benzene rings is 7. The van der Waals surface area contributed by atoms with E-state index in [1.165, 1.54) is 16.9 Å². The van der Waals surface area contributed by atoms with Gasteiger partial charge in [-0.25, -0.2) is 4.79 Å². The first-order chi connectivity index (χ1) is 39.4. The summed E-state index contributed by atoms with van der Waals surface area (Å²) >= 11 is 17.2. The summed E-state index contributed by atoms with van der Waals surface area (Å²) in [5.41, 5.74) is 10.2. The zero-order valence-corrected chi connectivity index (χ0v) is 49.7. The van der Waals surface area contributed by atoms with Gasteiger partial charge < -0.3 is 43.3 Å². The van der Waals surface area contributed by atoms with Gasteiger partial charge in [-0.3, -0.25) is 9.36 Å². The molecule has 0 aliphatic carbocycles. The maximum Gasteiger partial charge on any atom is 0.342 e. The fraction of sp³-hybridized carbons (Fsp3) is 0.219. The monoisotopic (exact) mass is 1180 g/mol. The van der Waals surface area contributed by atoms with Crippen LogP contribution in [0.5, 0.6) is 0 Å². The van der Waals surface area contributed by atoms with Crippen LogP contribution in [0.1, 0.15) is 30.5 Å². The van der Waals surface area contributed by atoms with Crippen molar-refractivity contribution in [3.63, 3.8) is 0 Å². The number of nitrogens with zero attached hydrogens (tertiary/aromatic N) is 4. The van der Waals surface area contributed by atoms with Gasteiger partial charge in [0.1, 0.15) is 0 Å². The Morgan fingerprint density at radius 2 is 1.06 bits per heavy atom. The van der Waals surface area contributed by atoms with E-state index in [-0.39, 0.29) is 12.6 Å². The van der Waals surface area contributed by atoms with Gasteiger partial charge in [-0.15, -0.1) is 5.73 Å². The fourth-order valence-electron chi connectivity index (χ4n) is 8.96. The Labute approximate surface area is 494 Å². The zero-order chi connectivity index (χ0) is 57.4. The number of hydrogen-bond acceptors (Lipinski definition) is 9. The molecule has 0 spiro atoms. The van der Waals surface area contributed by atoms with Gasteiger partial charge in [-0.2, -0.15) is 0 Å². The maximum atomic E-state index is 15.1. The summed E-state index contributed by atoms with van der Waals surface area (Å²) in [5.74, 6) is -1.57. The third-order valence-electron chi connectivity index (χ3n) is 13.0. The van der Waals surface area contributed by atoms with E-state index < -0.39 is 27.8 Å². The van der Waals surface area contributed by atoms with Gasteiger partial charge in [0.2, 0.25) is 8.45 Å². The molecule has 2 N–H and O–H groups in total. The topological polar surface area (TPSA) is 116 Å². The molecular formula is C64H68Cl2N6O6P2S. The van der Waals surface area contributed by atoms with E-state index >= 15 is 4.57 Å². The number of ether oxygens (including phenoxy) is 2. The smallest absolute Gasteiger partial charge is 0.342 e. The third kappa shape index (κ3) is 17.4. The van der Waals surface area contributed by atoms with Gasteiger partial charge in [0.15, 0.2) is 5.11 Å². The summed E-state index contributed by atoms with van der Waals surface area (Å²) in [6.45, 7) is 16.8. The van der Waals surface area contributed by atoms with Crippen LogP contribution in [0.3, 0.4) is 0 Å². The van der Waals surface area contributed by atoms with E-state index in [9.17, 15) is 9.59 Å². The van der Waals surface area contributed by atoms with Crippen molar-refractivity contribution in [2.75, 3.05) is 71.2 Å². The first-order valence-electron chi connectivity index (χ1n) is 26.7. The molecule has 0 amide bonds. The second-order valence-electron chi connectivity index (χ2n) is 18.4. The minimum atomic E-state index is -3.46. The molecule has 2 saturated heterocycles. The molecule has 0 bridgehead atoms.